The van der Waals surface area contributed by atoms with E-state index in [1.165, 1.54) is 18.9 Å². The molecule has 2 aliphatic heterocycles. The molecule has 32 heavy (non-hydrogen) atoms. The number of halogens is 1. The molecule has 4 rings (SSSR count). The Bertz CT molecular complexity index is 955. The zero-order chi connectivity index (χ0) is 22.8. The van der Waals surface area contributed by atoms with Crippen LogP contribution in [0.3, 0.4) is 0 Å². The van der Waals surface area contributed by atoms with Crippen LogP contribution in [0.4, 0.5) is 0 Å². The van der Waals surface area contributed by atoms with Crippen molar-refractivity contribution < 1.29 is 23.9 Å². The van der Waals surface area contributed by atoms with Crippen LogP contribution in [-0.4, -0.2) is 59.0 Å². The van der Waals surface area contributed by atoms with Gasteiger partial charge in [0.25, 0.3) is 11.6 Å². The summed E-state index contributed by atoms with van der Waals surface area (Å²) in [4.78, 5) is 39.0. The second kappa shape index (κ2) is 9.25. The summed E-state index contributed by atoms with van der Waals surface area (Å²) in [6, 6.07) is 19.2. The molecule has 0 aliphatic carbocycles. The van der Waals surface area contributed by atoms with E-state index < -0.39 is 22.6 Å². The van der Waals surface area contributed by atoms with Crippen molar-refractivity contribution >= 4 is 46.0 Å². The summed E-state index contributed by atoms with van der Waals surface area (Å²) in [5, 5.41) is 2.44. The van der Waals surface area contributed by atoms with Crippen LogP contribution in [0.15, 0.2) is 60.7 Å². The second-order valence-corrected chi connectivity index (χ2v) is 9.45. The molecule has 0 bridgehead atoms. The van der Waals surface area contributed by atoms with Crippen molar-refractivity contribution in [1.29, 1.82) is 0 Å². The smallest absolute Gasteiger partial charge is 0.316 e. The molecule has 0 saturated carbocycles. The Balaban J connectivity index is 1.58. The first-order valence-electron chi connectivity index (χ1n) is 10.1. The number of carbonyl (C=O) groups excluding carboxylic acids is 3. The van der Waals surface area contributed by atoms with Gasteiger partial charge < -0.3 is 19.7 Å². The Kier molecular flexibility index (Phi) is 6.60. The molecule has 1 N–H and O–H groups in total. The van der Waals surface area contributed by atoms with Crippen LogP contribution in [0.5, 0.6) is 0 Å². The van der Waals surface area contributed by atoms with Crippen LogP contribution in [-0.2, 0) is 23.9 Å². The fourth-order valence-electron chi connectivity index (χ4n) is 4.09. The number of nitrogens with one attached hydrogen (secondary N) is 1. The summed E-state index contributed by atoms with van der Waals surface area (Å²) in [7, 11) is 1.39. The van der Waals surface area contributed by atoms with Crippen molar-refractivity contribution in [2.45, 2.75) is 17.2 Å². The lowest BCUT2D eigenvalue weighted by Crippen LogP contribution is -2.82. The summed E-state index contributed by atoms with van der Waals surface area (Å²) in [5.41, 5.74) is -0.580. The first kappa shape index (κ1) is 22.8. The number of fused-ring (bicyclic) bond motifs is 1. The minimum atomic E-state index is -1.38. The van der Waals surface area contributed by atoms with E-state index >= 15 is 0 Å². The van der Waals surface area contributed by atoms with E-state index in [9.17, 15) is 14.4 Å². The molecule has 7 nitrogen and oxygen atoms in total. The van der Waals surface area contributed by atoms with Crippen molar-refractivity contribution in [3.8, 4) is 0 Å². The first-order chi connectivity index (χ1) is 15.5. The number of alkyl halides is 1. The van der Waals surface area contributed by atoms with E-state index in [0.29, 0.717) is 17.5 Å². The molecule has 168 valence electrons. The van der Waals surface area contributed by atoms with Crippen LogP contribution >= 0.6 is 27.7 Å². The van der Waals surface area contributed by atoms with E-state index in [4.69, 9.17) is 9.47 Å². The lowest BCUT2D eigenvalue weighted by Gasteiger charge is -2.58. The normalized spacial score (nSPS) is 26.8. The van der Waals surface area contributed by atoms with Crippen molar-refractivity contribution in [3.05, 3.63) is 71.8 Å². The number of rotatable bonds is 8. The number of nitrogens with zero attached hydrogens (tertiary/aromatic N) is 1. The molecule has 2 saturated heterocycles. The van der Waals surface area contributed by atoms with Crippen LogP contribution < -0.4 is 5.32 Å². The average Bonchev–Trinajstić information content (AvgIpc) is 2.86. The molecule has 0 spiro atoms. The zero-order valence-corrected chi connectivity index (χ0v) is 19.8. The molecule has 2 amide bonds. The summed E-state index contributed by atoms with van der Waals surface area (Å²) in [6.07, 6.45) is -0.102. The van der Waals surface area contributed by atoms with Gasteiger partial charge in [-0.15, -0.1) is 11.8 Å². The predicted octanol–water partition coefficient (Wildman–Crippen LogP) is 2.70. The quantitative estimate of drug-likeness (QED) is 0.190. The van der Waals surface area contributed by atoms with Crippen molar-refractivity contribution in [3.63, 3.8) is 0 Å². The minimum Gasteiger partial charge on any atom is -0.452 e. The Labute approximate surface area is 199 Å². The lowest BCUT2D eigenvalue weighted by atomic mass is 9.88. The molecular formula is C23H23BrN2O5S. The topological polar surface area (TPSA) is 84.9 Å². The van der Waals surface area contributed by atoms with Gasteiger partial charge in [0.1, 0.15) is 10.8 Å². The third kappa shape index (κ3) is 3.72. The molecule has 2 heterocycles. The third-order valence-corrected chi connectivity index (χ3v) is 8.61. The van der Waals surface area contributed by atoms with Gasteiger partial charge in [-0.05, 0) is 11.1 Å². The Hall–Kier alpha value is -2.36. The number of esters is 1. The Morgan fingerprint density at radius 2 is 1.81 bits per heavy atom. The minimum absolute atomic E-state index is 0.176. The van der Waals surface area contributed by atoms with Crippen molar-refractivity contribution in [2.24, 2.45) is 5.41 Å². The van der Waals surface area contributed by atoms with Crippen molar-refractivity contribution in [1.82, 2.24) is 10.2 Å². The number of hydrogen-bond donors (Lipinski definition) is 1. The monoisotopic (exact) mass is 518 g/mol. The average molecular weight is 519 g/mol. The van der Waals surface area contributed by atoms with E-state index in [2.05, 4.69) is 21.2 Å². The van der Waals surface area contributed by atoms with E-state index in [1.807, 2.05) is 60.7 Å². The van der Waals surface area contributed by atoms with Gasteiger partial charge in [0, 0.05) is 24.7 Å². The van der Waals surface area contributed by atoms with E-state index in [-0.39, 0.29) is 18.4 Å². The fraction of sp³-hybridized carbons (Fsp3) is 0.348. The van der Waals surface area contributed by atoms with Gasteiger partial charge in [-0.1, -0.05) is 76.6 Å². The number of β-lactam (4-membered cyclic amide) rings is 1. The fourth-order valence-corrected chi connectivity index (χ4v) is 6.60. The maximum atomic E-state index is 13.5. The van der Waals surface area contributed by atoms with Crippen LogP contribution in [0.2, 0.25) is 0 Å². The summed E-state index contributed by atoms with van der Waals surface area (Å²) in [6.45, 7) is 0.176. The number of methoxy groups -OCH3 is 1. The Morgan fingerprint density at radius 3 is 2.31 bits per heavy atom. The van der Waals surface area contributed by atoms with Crippen LogP contribution in [0.25, 0.3) is 0 Å². The maximum absolute atomic E-state index is 13.5. The highest BCUT2D eigenvalue weighted by Crippen LogP contribution is 2.48. The van der Waals surface area contributed by atoms with Gasteiger partial charge in [-0.2, -0.15) is 0 Å². The van der Waals surface area contributed by atoms with Crippen LogP contribution in [0.1, 0.15) is 17.2 Å². The molecule has 2 unspecified atom stereocenters. The van der Waals surface area contributed by atoms with Crippen molar-refractivity contribution in [2.75, 3.05) is 24.7 Å². The summed E-state index contributed by atoms with van der Waals surface area (Å²) < 4.78 is 11.5. The number of ether oxygens (including phenoxy) is 2. The lowest BCUT2D eigenvalue weighted by molar-refractivity contribution is -0.199. The molecule has 9 heteroatoms. The molecule has 0 radical (unpaired) electrons. The molecule has 2 fully saturated rings. The number of carbonyl (C=O) groups is 3. The van der Waals surface area contributed by atoms with Gasteiger partial charge >= 0.3 is 5.97 Å². The van der Waals surface area contributed by atoms with Gasteiger partial charge in [-0.3, -0.25) is 14.4 Å². The molecule has 0 aromatic heterocycles. The van der Waals surface area contributed by atoms with Gasteiger partial charge in [0.05, 0.1) is 0 Å². The highest BCUT2D eigenvalue weighted by atomic mass is 79.9. The van der Waals surface area contributed by atoms with E-state index in [1.54, 1.807) is 4.90 Å². The molecule has 3 atom stereocenters. The number of amides is 2. The van der Waals surface area contributed by atoms with E-state index in [0.717, 1.165) is 11.1 Å². The first-order valence-corrected chi connectivity index (χ1v) is 12.2. The Morgan fingerprint density at radius 1 is 1.22 bits per heavy atom. The van der Waals surface area contributed by atoms with Gasteiger partial charge in [0.2, 0.25) is 6.41 Å². The predicted molar refractivity (Wildman–Crippen MR) is 124 cm³/mol. The largest absolute Gasteiger partial charge is 0.452 e. The van der Waals surface area contributed by atoms with Gasteiger partial charge in [-0.25, -0.2) is 0 Å². The summed E-state index contributed by atoms with van der Waals surface area (Å²) in [5.74, 6) is -0.345. The maximum Gasteiger partial charge on any atom is 0.316 e. The summed E-state index contributed by atoms with van der Waals surface area (Å²) >= 11 is 4.88. The number of benzene rings is 2. The number of thioether (sulfide) groups is 1. The molecular weight excluding hydrogens is 496 g/mol. The SMILES string of the molecule is COC1(NC=O)C(=O)N2CC(CBr)(C(=O)OC(c3ccccc3)c3ccccc3)CS[C@@H]21. The number of hydrogen-bond acceptors (Lipinski definition) is 6. The molecule has 2 aliphatic rings. The second-order valence-electron chi connectivity index (χ2n) is 7.82. The zero-order valence-electron chi connectivity index (χ0n) is 17.4. The third-order valence-electron chi connectivity index (χ3n) is 5.91. The standard InChI is InChI=1S/C23H23BrN2O5S/c1-30-23(25-15-27)19(28)26-13-22(12-24,14-32-20(23)26)21(29)31-18(16-8-4-2-5-9-16)17-10-6-3-7-11-17/h2-11,15,18,20H,12-14H2,1H3,(H,25,27)/t20-,22?,23?/m1/s1. The molecule has 2 aromatic carbocycles. The highest BCUT2D eigenvalue weighted by Gasteiger charge is 2.67. The highest BCUT2D eigenvalue weighted by molar-refractivity contribution is 9.09. The van der Waals surface area contributed by atoms with Gasteiger partial charge in [0.15, 0.2) is 6.10 Å². The molecule has 2 aromatic rings. The van der Waals surface area contributed by atoms with Crippen LogP contribution in [0, 0.1) is 5.41 Å².